The third-order valence-electron chi connectivity index (χ3n) is 8.18. The fourth-order valence-corrected chi connectivity index (χ4v) is 7.75. The summed E-state index contributed by atoms with van der Waals surface area (Å²) in [6, 6.07) is 7.64. The molecule has 3 aliphatic heterocycles. The van der Waals surface area contributed by atoms with Crippen LogP contribution in [0.2, 0.25) is 5.02 Å². The van der Waals surface area contributed by atoms with Crippen molar-refractivity contribution < 1.29 is 24.2 Å². The van der Waals surface area contributed by atoms with E-state index in [2.05, 4.69) is 9.88 Å². The van der Waals surface area contributed by atoms with Gasteiger partial charge in [-0.3, -0.25) is 19.5 Å². The maximum absolute atomic E-state index is 13.1. The van der Waals surface area contributed by atoms with Gasteiger partial charge in [0.05, 0.1) is 29.4 Å². The van der Waals surface area contributed by atoms with E-state index in [0.717, 1.165) is 56.9 Å². The van der Waals surface area contributed by atoms with E-state index < -0.39 is 11.7 Å². The number of halogens is 1. The lowest BCUT2D eigenvalue weighted by molar-refractivity contribution is -0.139. The Kier molecular flexibility index (Phi) is 7.66. The predicted molar refractivity (Wildman–Crippen MR) is 163 cm³/mol. The molecule has 1 aromatic carbocycles. The minimum absolute atomic E-state index is 0.00272. The van der Waals surface area contributed by atoms with Gasteiger partial charge in [-0.15, -0.1) is 11.3 Å². The largest absolute Gasteiger partial charge is 0.444 e. The summed E-state index contributed by atoms with van der Waals surface area (Å²) in [7, 11) is 0. The predicted octanol–water partition coefficient (Wildman–Crippen LogP) is 5.39. The van der Waals surface area contributed by atoms with E-state index in [0.29, 0.717) is 18.0 Å². The number of aryl methyl sites for hydroxylation is 1. The van der Waals surface area contributed by atoms with Gasteiger partial charge in [0.1, 0.15) is 5.60 Å². The smallest absolute Gasteiger partial charge is 0.410 e. The normalized spacial score (nSPS) is 21.0. The Morgan fingerprint density at radius 3 is 2.62 bits per heavy atom. The number of carbonyl (C=O) groups is 3. The Hall–Kier alpha value is -3.21. The molecular weight excluding hydrogens is 576 g/mol. The zero-order valence-corrected chi connectivity index (χ0v) is 25.6. The molecule has 2 saturated heterocycles. The molecule has 2 unspecified atom stereocenters. The highest BCUT2D eigenvalue weighted by molar-refractivity contribution is 7.19. The van der Waals surface area contributed by atoms with Crippen LogP contribution in [0.25, 0.3) is 21.3 Å². The van der Waals surface area contributed by atoms with Crippen LogP contribution in [-0.2, 0) is 27.3 Å². The molecule has 3 aromatic rings. The van der Waals surface area contributed by atoms with Crippen LogP contribution in [-0.4, -0.2) is 75.2 Å². The van der Waals surface area contributed by atoms with E-state index in [4.69, 9.17) is 16.3 Å². The van der Waals surface area contributed by atoms with Crippen molar-refractivity contribution in [3.05, 3.63) is 45.9 Å². The van der Waals surface area contributed by atoms with E-state index in [1.165, 1.54) is 4.90 Å². The first-order valence-corrected chi connectivity index (χ1v) is 15.6. The lowest BCUT2D eigenvalue weighted by Gasteiger charge is -2.38. The number of pyridine rings is 1. The van der Waals surface area contributed by atoms with Gasteiger partial charge in [0.25, 0.3) is 0 Å². The van der Waals surface area contributed by atoms with Crippen molar-refractivity contribution in [2.75, 3.05) is 24.6 Å². The van der Waals surface area contributed by atoms with Crippen molar-refractivity contribution in [1.29, 1.82) is 0 Å². The standard InChI is InChI=1S/C31H35ClN4O5S/c1-31(2,3)41-30(40)35-15-20(13-21(35)17-37)34-10-4-5-18-11-19(32)12-24(28(18)34)23-8-9-33-25-14-22(42-29(23)25)16-36-26(38)6-7-27(36)39/h8-9,11-12,14,20-21,37H,4-7,10,13,15-17H2,1-3H3. The Morgan fingerprint density at radius 1 is 1.14 bits per heavy atom. The molecule has 3 amide bonds. The number of aliphatic hydroxyl groups excluding tert-OH is 1. The quantitative estimate of drug-likeness (QED) is 0.386. The van der Waals surface area contributed by atoms with Gasteiger partial charge in [-0.05, 0) is 69.9 Å². The average molecular weight is 611 g/mol. The zero-order valence-electron chi connectivity index (χ0n) is 24.1. The van der Waals surface area contributed by atoms with Gasteiger partial charge in [0.15, 0.2) is 0 Å². The molecule has 0 bridgehead atoms. The number of hydrogen-bond acceptors (Lipinski definition) is 8. The van der Waals surface area contributed by atoms with Crippen LogP contribution in [0.3, 0.4) is 0 Å². The van der Waals surface area contributed by atoms with E-state index in [1.807, 2.05) is 45.0 Å². The number of fused-ring (bicyclic) bond motifs is 2. The Bertz CT molecular complexity index is 1550. The highest BCUT2D eigenvalue weighted by Gasteiger charge is 2.41. The first kappa shape index (κ1) is 28.9. The second-order valence-corrected chi connectivity index (χ2v) is 13.8. The summed E-state index contributed by atoms with van der Waals surface area (Å²) in [4.78, 5) is 48.4. The summed E-state index contributed by atoms with van der Waals surface area (Å²) in [6.07, 6.45) is 4.37. The third-order valence-corrected chi connectivity index (χ3v) is 9.54. The van der Waals surface area contributed by atoms with Crippen molar-refractivity contribution in [1.82, 2.24) is 14.8 Å². The molecule has 42 heavy (non-hydrogen) atoms. The molecular formula is C31H35ClN4O5S. The average Bonchev–Trinajstić information content (AvgIpc) is 3.64. The first-order chi connectivity index (χ1) is 20.0. The third kappa shape index (κ3) is 5.47. The summed E-state index contributed by atoms with van der Waals surface area (Å²) in [5.74, 6) is -0.272. The number of nitrogens with zero attached hydrogens (tertiary/aromatic N) is 4. The van der Waals surface area contributed by atoms with Crippen LogP contribution >= 0.6 is 22.9 Å². The molecule has 2 aromatic heterocycles. The topological polar surface area (TPSA) is 103 Å². The van der Waals surface area contributed by atoms with Gasteiger partial charge in [0.2, 0.25) is 11.8 Å². The number of rotatable bonds is 5. The summed E-state index contributed by atoms with van der Waals surface area (Å²) in [5, 5.41) is 10.8. The van der Waals surface area contributed by atoms with Crippen molar-refractivity contribution in [3.8, 4) is 11.1 Å². The Labute approximate surface area is 254 Å². The summed E-state index contributed by atoms with van der Waals surface area (Å²) in [6.45, 7) is 6.92. The van der Waals surface area contributed by atoms with Gasteiger partial charge in [-0.1, -0.05) is 11.6 Å². The van der Waals surface area contributed by atoms with Crippen molar-refractivity contribution >= 4 is 56.7 Å². The van der Waals surface area contributed by atoms with E-state index in [9.17, 15) is 19.5 Å². The number of aliphatic hydroxyl groups is 1. The summed E-state index contributed by atoms with van der Waals surface area (Å²) >= 11 is 8.24. The molecule has 5 heterocycles. The van der Waals surface area contributed by atoms with Crippen LogP contribution in [0.15, 0.2) is 30.5 Å². The highest BCUT2D eigenvalue weighted by atomic mass is 35.5. The van der Waals surface area contributed by atoms with Crippen LogP contribution in [0.4, 0.5) is 10.5 Å². The van der Waals surface area contributed by atoms with Gasteiger partial charge in [-0.2, -0.15) is 0 Å². The molecule has 1 N–H and O–H groups in total. The van der Waals surface area contributed by atoms with E-state index >= 15 is 0 Å². The molecule has 11 heteroatoms. The molecule has 0 spiro atoms. The van der Waals surface area contributed by atoms with Crippen LogP contribution in [0, 0.1) is 0 Å². The van der Waals surface area contributed by atoms with Gasteiger partial charge in [-0.25, -0.2) is 4.79 Å². The SMILES string of the molecule is CC(C)(C)OC(=O)N1CC(N2CCCc3cc(Cl)cc(-c4ccnc5cc(CN6C(=O)CCC6=O)sc45)c32)CC1CO. The number of aromatic nitrogens is 1. The second-order valence-electron chi connectivity index (χ2n) is 12.3. The zero-order chi connectivity index (χ0) is 29.8. The van der Waals surface area contributed by atoms with E-state index in [1.54, 1.807) is 22.4 Å². The molecule has 6 rings (SSSR count). The minimum atomic E-state index is -0.627. The number of benzene rings is 1. The monoisotopic (exact) mass is 610 g/mol. The molecule has 0 saturated carbocycles. The van der Waals surface area contributed by atoms with Crippen molar-refractivity contribution in [2.45, 2.75) is 77.1 Å². The van der Waals surface area contributed by atoms with Crippen LogP contribution < -0.4 is 4.90 Å². The first-order valence-electron chi connectivity index (χ1n) is 14.4. The molecule has 222 valence electrons. The Morgan fingerprint density at radius 2 is 1.90 bits per heavy atom. The number of ether oxygens (including phenoxy) is 1. The lowest BCUT2D eigenvalue weighted by atomic mass is 9.92. The molecule has 9 nitrogen and oxygen atoms in total. The number of thiophene rings is 1. The van der Waals surface area contributed by atoms with Crippen LogP contribution in [0.5, 0.6) is 0 Å². The second kappa shape index (κ2) is 11.1. The van der Waals surface area contributed by atoms with Gasteiger partial charge in [0, 0.05) is 64.9 Å². The van der Waals surface area contributed by atoms with Crippen molar-refractivity contribution in [3.63, 3.8) is 0 Å². The van der Waals surface area contributed by atoms with Gasteiger partial charge >= 0.3 is 6.09 Å². The maximum atomic E-state index is 13.1. The molecule has 2 fully saturated rings. The molecule has 3 aliphatic rings. The number of likely N-dealkylation sites (tertiary alicyclic amines) is 2. The minimum Gasteiger partial charge on any atom is -0.444 e. The molecule has 2 atom stereocenters. The highest BCUT2D eigenvalue weighted by Crippen LogP contribution is 2.45. The Balaban J connectivity index is 1.37. The number of carbonyl (C=O) groups excluding carboxylic acids is 3. The summed E-state index contributed by atoms with van der Waals surface area (Å²) < 4.78 is 6.64. The number of imide groups is 1. The molecule has 0 aliphatic carbocycles. The summed E-state index contributed by atoms with van der Waals surface area (Å²) in [5.41, 5.74) is 4.39. The number of amides is 3. The lowest BCUT2D eigenvalue weighted by Crippen LogP contribution is -2.44. The number of anilines is 1. The van der Waals surface area contributed by atoms with Gasteiger partial charge < -0.3 is 19.6 Å². The fraction of sp³-hybridized carbons (Fsp3) is 0.484. The molecule has 0 radical (unpaired) electrons. The van der Waals surface area contributed by atoms with E-state index in [-0.39, 0.29) is 49.9 Å². The van der Waals surface area contributed by atoms with Crippen LogP contribution in [0.1, 0.15) is 56.9 Å². The maximum Gasteiger partial charge on any atom is 0.410 e. The number of hydrogen-bond donors (Lipinski definition) is 1. The fourth-order valence-electron chi connectivity index (χ4n) is 6.38. The van der Waals surface area contributed by atoms with Crippen molar-refractivity contribution in [2.24, 2.45) is 0 Å².